The molecule has 7 nitrogen and oxygen atoms in total. The van der Waals surface area contributed by atoms with E-state index in [4.69, 9.17) is 28.9 Å². The van der Waals surface area contributed by atoms with E-state index in [0.717, 1.165) is 11.0 Å². The second-order valence-corrected chi connectivity index (χ2v) is 9.45. The molecule has 4 N–H and O–H groups in total. The van der Waals surface area contributed by atoms with Crippen LogP contribution < -0.4 is 16.0 Å². The van der Waals surface area contributed by atoms with Crippen LogP contribution in [-0.2, 0) is 9.84 Å². The summed E-state index contributed by atoms with van der Waals surface area (Å²) in [6.45, 7) is 0.900. The summed E-state index contributed by atoms with van der Waals surface area (Å²) >= 11 is 12.1. The average molecular weight is 462 g/mol. The van der Waals surface area contributed by atoms with Crippen molar-refractivity contribution in [3.05, 3.63) is 46.2 Å². The molecule has 2 aromatic carbocycles. The molecule has 1 unspecified atom stereocenters. The van der Waals surface area contributed by atoms with Gasteiger partial charge in [0.15, 0.2) is 15.6 Å². The molecule has 11 heteroatoms. The molecular formula is C18H18Cl2FN3O4S. The van der Waals surface area contributed by atoms with E-state index in [-0.39, 0.29) is 22.9 Å². The standard InChI is InChI=1S/C18H18Cl2FN3O4S/c19-11-6-7-14(24(18(22)26)13-5-1-4-12(21)15(13)20)16(25)17(11)29(27,28)10-3-2-8-23-9-10/h1,4-7,10,23,25H,2-3,8-9H2,(H2,22,26). The Labute approximate surface area is 177 Å². The van der Waals surface area contributed by atoms with Crippen molar-refractivity contribution in [3.63, 3.8) is 0 Å². The van der Waals surface area contributed by atoms with Crippen molar-refractivity contribution in [2.24, 2.45) is 5.73 Å². The van der Waals surface area contributed by atoms with Crippen LogP contribution in [0.5, 0.6) is 5.75 Å². The van der Waals surface area contributed by atoms with Crippen molar-refractivity contribution < 1.29 is 22.7 Å². The summed E-state index contributed by atoms with van der Waals surface area (Å²) in [5, 5.41) is 12.4. The molecule has 1 fully saturated rings. The van der Waals surface area contributed by atoms with Gasteiger partial charge < -0.3 is 16.2 Å². The number of nitrogens with one attached hydrogen (secondary N) is 1. The summed E-state index contributed by atoms with van der Waals surface area (Å²) in [5.74, 6) is -1.58. The van der Waals surface area contributed by atoms with E-state index in [1.54, 1.807) is 0 Å². The predicted molar refractivity (Wildman–Crippen MR) is 109 cm³/mol. The van der Waals surface area contributed by atoms with E-state index in [1.807, 2.05) is 0 Å². The Morgan fingerprint density at radius 2 is 1.97 bits per heavy atom. The zero-order valence-electron chi connectivity index (χ0n) is 15.0. The number of carbonyl (C=O) groups is 1. The summed E-state index contributed by atoms with van der Waals surface area (Å²) in [5.41, 5.74) is 5.00. The first kappa shape index (κ1) is 21.6. The number of benzene rings is 2. The van der Waals surface area contributed by atoms with Gasteiger partial charge in [-0.05, 0) is 43.7 Å². The molecule has 2 amide bonds. The SMILES string of the molecule is NC(=O)N(c1ccc(Cl)c(S(=O)(=O)C2CCCNC2)c1O)c1cccc(F)c1Cl. The fourth-order valence-electron chi connectivity index (χ4n) is 3.27. The predicted octanol–water partition coefficient (Wildman–Crippen LogP) is 3.58. The summed E-state index contributed by atoms with van der Waals surface area (Å²) in [7, 11) is -4.04. The number of nitrogens with zero attached hydrogens (tertiary/aromatic N) is 1. The number of halogens is 3. The van der Waals surface area contributed by atoms with Crippen LogP contribution in [0, 0.1) is 5.82 Å². The van der Waals surface area contributed by atoms with Gasteiger partial charge in [0.05, 0.1) is 21.6 Å². The summed E-state index contributed by atoms with van der Waals surface area (Å²) < 4.78 is 40.1. The third-order valence-corrected chi connectivity index (χ3v) is 7.73. The Morgan fingerprint density at radius 3 is 2.59 bits per heavy atom. The third-order valence-electron chi connectivity index (χ3n) is 4.67. The van der Waals surface area contributed by atoms with Crippen LogP contribution in [0.3, 0.4) is 0 Å². The number of nitrogens with two attached hydrogens (primary N) is 1. The van der Waals surface area contributed by atoms with E-state index in [0.29, 0.717) is 19.4 Å². The van der Waals surface area contributed by atoms with Gasteiger partial charge in [0.25, 0.3) is 0 Å². The zero-order valence-corrected chi connectivity index (χ0v) is 17.4. The lowest BCUT2D eigenvalue weighted by molar-refractivity contribution is 0.256. The molecule has 0 saturated carbocycles. The Kier molecular flexibility index (Phi) is 6.23. The number of phenolic OH excluding ortho intramolecular Hbond substituents is 1. The van der Waals surface area contributed by atoms with Gasteiger partial charge in [-0.3, -0.25) is 4.90 Å². The Balaban J connectivity index is 2.19. The van der Waals surface area contributed by atoms with Crippen LogP contribution in [0.2, 0.25) is 10.0 Å². The summed E-state index contributed by atoms with van der Waals surface area (Å²) in [6, 6.07) is 5.02. The highest BCUT2D eigenvalue weighted by Gasteiger charge is 2.35. The first-order valence-corrected chi connectivity index (χ1v) is 11.0. The molecule has 156 valence electrons. The molecule has 0 radical (unpaired) electrons. The summed E-state index contributed by atoms with van der Waals surface area (Å²) in [4.78, 5) is 12.3. The maximum absolute atomic E-state index is 13.9. The van der Waals surface area contributed by atoms with Gasteiger partial charge in [-0.15, -0.1) is 0 Å². The Bertz CT molecular complexity index is 1060. The molecule has 1 atom stereocenters. The van der Waals surface area contributed by atoms with E-state index in [1.165, 1.54) is 24.3 Å². The van der Waals surface area contributed by atoms with Crippen molar-refractivity contribution in [1.82, 2.24) is 5.32 Å². The van der Waals surface area contributed by atoms with Crippen molar-refractivity contribution in [3.8, 4) is 5.75 Å². The largest absolute Gasteiger partial charge is 0.504 e. The molecule has 1 saturated heterocycles. The number of urea groups is 1. The number of hydrogen-bond donors (Lipinski definition) is 3. The molecular weight excluding hydrogens is 444 g/mol. The van der Waals surface area contributed by atoms with Crippen LogP contribution in [0.25, 0.3) is 0 Å². The first-order chi connectivity index (χ1) is 13.7. The first-order valence-electron chi connectivity index (χ1n) is 8.66. The molecule has 2 aromatic rings. The maximum Gasteiger partial charge on any atom is 0.324 e. The number of aromatic hydroxyl groups is 1. The lowest BCUT2D eigenvalue weighted by Gasteiger charge is -2.26. The monoisotopic (exact) mass is 461 g/mol. The van der Waals surface area contributed by atoms with E-state index >= 15 is 0 Å². The van der Waals surface area contributed by atoms with Crippen LogP contribution in [0.1, 0.15) is 12.8 Å². The number of primary amides is 1. The molecule has 0 aromatic heterocycles. The number of carbonyl (C=O) groups excluding carboxylic acids is 1. The molecule has 1 aliphatic heterocycles. The van der Waals surface area contributed by atoms with Crippen LogP contribution >= 0.6 is 23.2 Å². The third kappa shape index (κ3) is 4.00. The van der Waals surface area contributed by atoms with Gasteiger partial charge >= 0.3 is 6.03 Å². The van der Waals surface area contributed by atoms with E-state index < -0.39 is 42.6 Å². The minimum atomic E-state index is -4.04. The molecule has 29 heavy (non-hydrogen) atoms. The van der Waals surface area contributed by atoms with Crippen LogP contribution in [-0.4, -0.2) is 37.9 Å². The van der Waals surface area contributed by atoms with Gasteiger partial charge in [0, 0.05) is 6.54 Å². The van der Waals surface area contributed by atoms with Gasteiger partial charge in [-0.2, -0.15) is 0 Å². The van der Waals surface area contributed by atoms with Gasteiger partial charge in [0.2, 0.25) is 0 Å². The van der Waals surface area contributed by atoms with Crippen LogP contribution in [0.4, 0.5) is 20.6 Å². The molecule has 1 heterocycles. The number of piperidine rings is 1. The van der Waals surface area contributed by atoms with Crippen molar-refractivity contribution in [2.45, 2.75) is 23.0 Å². The average Bonchev–Trinajstić information content (AvgIpc) is 2.67. The van der Waals surface area contributed by atoms with Crippen molar-refractivity contribution >= 4 is 50.4 Å². The zero-order chi connectivity index (χ0) is 21.3. The van der Waals surface area contributed by atoms with Crippen molar-refractivity contribution in [1.29, 1.82) is 0 Å². The van der Waals surface area contributed by atoms with Gasteiger partial charge in [-0.25, -0.2) is 17.6 Å². The second kappa shape index (κ2) is 8.35. The van der Waals surface area contributed by atoms with Crippen molar-refractivity contribution in [2.75, 3.05) is 18.0 Å². The smallest absolute Gasteiger partial charge is 0.324 e. The van der Waals surface area contributed by atoms with E-state index in [9.17, 15) is 22.7 Å². The molecule has 1 aliphatic rings. The lowest BCUT2D eigenvalue weighted by atomic mass is 10.2. The number of anilines is 2. The maximum atomic E-state index is 13.9. The Hall–Kier alpha value is -2.07. The summed E-state index contributed by atoms with van der Waals surface area (Å²) in [6.07, 6.45) is 1.04. The van der Waals surface area contributed by atoms with Gasteiger partial charge in [0.1, 0.15) is 15.7 Å². The molecule has 0 aliphatic carbocycles. The molecule has 3 rings (SSSR count). The highest BCUT2D eigenvalue weighted by atomic mass is 35.5. The molecule has 0 bridgehead atoms. The Morgan fingerprint density at radius 1 is 1.24 bits per heavy atom. The number of phenols is 1. The lowest BCUT2D eigenvalue weighted by Crippen LogP contribution is -2.39. The second-order valence-electron chi connectivity index (χ2n) is 6.50. The van der Waals surface area contributed by atoms with E-state index in [2.05, 4.69) is 5.32 Å². The number of sulfone groups is 1. The highest BCUT2D eigenvalue weighted by Crippen LogP contribution is 2.44. The number of hydrogen-bond acceptors (Lipinski definition) is 5. The quantitative estimate of drug-likeness (QED) is 0.643. The highest BCUT2D eigenvalue weighted by molar-refractivity contribution is 7.92. The topological polar surface area (TPSA) is 113 Å². The molecule has 0 spiro atoms. The fourth-order valence-corrected chi connectivity index (χ4v) is 5.82. The normalized spacial score (nSPS) is 17.1. The van der Waals surface area contributed by atoms with Gasteiger partial charge in [-0.1, -0.05) is 29.3 Å². The van der Waals surface area contributed by atoms with Crippen LogP contribution in [0.15, 0.2) is 35.2 Å². The number of amides is 2. The minimum absolute atomic E-state index is 0.153. The number of rotatable bonds is 4. The fraction of sp³-hybridized carbons (Fsp3) is 0.278. The minimum Gasteiger partial charge on any atom is -0.504 e.